The Morgan fingerprint density at radius 1 is 1.39 bits per heavy atom. The number of carbonyl (C=O) groups excluding carboxylic acids is 2. The van der Waals surface area contributed by atoms with Gasteiger partial charge in [-0.1, -0.05) is 17.7 Å². The zero-order valence-electron chi connectivity index (χ0n) is 9.39. The van der Waals surface area contributed by atoms with Gasteiger partial charge < -0.3 is 5.11 Å². The molecular weight excluding hydrogens is 254 g/mol. The van der Waals surface area contributed by atoms with Gasteiger partial charge in [0.25, 0.3) is 5.91 Å². The molecular formula is C13H10ClNO3. The van der Waals surface area contributed by atoms with E-state index in [9.17, 15) is 14.7 Å². The number of rotatable bonds is 1. The van der Waals surface area contributed by atoms with Crippen LogP contribution in [-0.2, 0) is 9.59 Å². The lowest BCUT2D eigenvalue weighted by molar-refractivity contribution is -0.122. The standard InChI is InChI=1S/C13H10ClNO3/c14-7-3-4-8-9(5-7)15-13(18)10(12(8)17)11(16)6-1-2-6/h3-6,8,16H,1-2H2. The molecule has 4 nitrogen and oxygen atoms in total. The van der Waals surface area contributed by atoms with Crippen LogP contribution in [0.2, 0.25) is 0 Å². The van der Waals surface area contributed by atoms with Crippen LogP contribution >= 0.6 is 11.6 Å². The Bertz CT molecular complexity index is 579. The van der Waals surface area contributed by atoms with Crippen LogP contribution in [0.1, 0.15) is 12.8 Å². The summed E-state index contributed by atoms with van der Waals surface area (Å²) in [6.07, 6.45) is 6.35. The first-order chi connectivity index (χ1) is 8.58. The number of aliphatic hydroxyl groups is 1. The lowest BCUT2D eigenvalue weighted by Crippen LogP contribution is -2.33. The molecule has 1 heterocycles. The maximum absolute atomic E-state index is 12.2. The van der Waals surface area contributed by atoms with E-state index >= 15 is 0 Å². The lowest BCUT2D eigenvalue weighted by atomic mass is 9.86. The number of nitrogens with zero attached hydrogens (tertiary/aromatic N) is 1. The minimum atomic E-state index is -0.660. The minimum absolute atomic E-state index is 0.0450. The Morgan fingerprint density at radius 2 is 2.11 bits per heavy atom. The van der Waals surface area contributed by atoms with Crippen molar-refractivity contribution in [1.29, 1.82) is 0 Å². The molecule has 0 radical (unpaired) electrons. The molecule has 2 aliphatic carbocycles. The number of allylic oxidation sites excluding steroid dienone is 5. The SMILES string of the molecule is O=C1N=C2C=C(Cl)C=CC2C(=O)C1=C(O)C1CC1. The summed E-state index contributed by atoms with van der Waals surface area (Å²) in [7, 11) is 0. The molecule has 3 rings (SSSR count). The number of aliphatic hydroxyl groups excluding tert-OH is 1. The fraction of sp³-hybridized carbons (Fsp3) is 0.308. The molecule has 1 unspecified atom stereocenters. The van der Waals surface area contributed by atoms with Gasteiger partial charge in [-0.3, -0.25) is 9.59 Å². The largest absolute Gasteiger partial charge is 0.511 e. The van der Waals surface area contributed by atoms with E-state index < -0.39 is 11.8 Å². The van der Waals surface area contributed by atoms with Gasteiger partial charge in [0.15, 0.2) is 5.78 Å². The molecule has 1 atom stereocenters. The van der Waals surface area contributed by atoms with Crippen LogP contribution in [0.4, 0.5) is 0 Å². The third kappa shape index (κ3) is 1.73. The van der Waals surface area contributed by atoms with Gasteiger partial charge in [-0.15, -0.1) is 0 Å². The van der Waals surface area contributed by atoms with E-state index in [1.165, 1.54) is 6.08 Å². The summed E-state index contributed by atoms with van der Waals surface area (Å²) in [4.78, 5) is 27.9. The molecule has 0 aromatic rings. The van der Waals surface area contributed by atoms with Crippen LogP contribution in [-0.4, -0.2) is 22.5 Å². The summed E-state index contributed by atoms with van der Waals surface area (Å²) >= 11 is 5.80. The van der Waals surface area contributed by atoms with Gasteiger partial charge >= 0.3 is 0 Å². The topological polar surface area (TPSA) is 66.7 Å². The zero-order chi connectivity index (χ0) is 12.9. The van der Waals surface area contributed by atoms with E-state index in [2.05, 4.69) is 4.99 Å². The first kappa shape index (κ1) is 11.4. The van der Waals surface area contributed by atoms with Gasteiger partial charge in [-0.05, 0) is 25.0 Å². The predicted molar refractivity (Wildman–Crippen MR) is 66.4 cm³/mol. The Labute approximate surface area is 108 Å². The van der Waals surface area contributed by atoms with Crippen molar-refractivity contribution < 1.29 is 14.7 Å². The predicted octanol–water partition coefficient (Wildman–Crippen LogP) is 2.07. The number of hydrogen-bond donors (Lipinski definition) is 1. The number of halogens is 1. The highest BCUT2D eigenvalue weighted by Crippen LogP contribution is 2.38. The quantitative estimate of drug-likeness (QED) is 0.447. The third-order valence-corrected chi connectivity index (χ3v) is 3.48. The number of amides is 1. The Morgan fingerprint density at radius 3 is 2.78 bits per heavy atom. The van der Waals surface area contributed by atoms with E-state index in [4.69, 9.17) is 11.6 Å². The number of fused-ring (bicyclic) bond motifs is 1. The Kier molecular flexibility index (Phi) is 2.48. The van der Waals surface area contributed by atoms with Gasteiger partial charge in [-0.25, -0.2) is 4.99 Å². The van der Waals surface area contributed by atoms with Gasteiger partial charge in [0.2, 0.25) is 0 Å². The van der Waals surface area contributed by atoms with Crippen molar-refractivity contribution in [2.24, 2.45) is 16.8 Å². The summed E-state index contributed by atoms with van der Waals surface area (Å²) < 4.78 is 0. The summed E-state index contributed by atoms with van der Waals surface area (Å²) in [6, 6.07) is 0. The van der Waals surface area contributed by atoms with E-state index in [-0.39, 0.29) is 23.0 Å². The van der Waals surface area contributed by atoms with E-state index in [1.54, 1.807) is 12.2 Å². The molecule has 0 spiro atoms. The highest BCUT2D eigenvalue weighted by Gasteiger charge is 2.40. The van der Waals surface area contributed by atoms with Crippen molar-refractivity contribution in [3.63, 3.8) is 0 Å². The summed E-state index contributed by atoms with van der Waals surface area (Å²) in [5, 5.41) is 10.3. The first-order valence-corrected chi connectivity index (χ1v) is 6.11. The fourth-order valence-corrected chi connectivity index (χ4v) is 2.30. The molecule has 5 heteroatoms. The number of ketones is 1. The minimum Gasteiger partial charge on any atom is -0.511 e. The molecule has 0 saturated heterocycles. The highest BCUT2D eigenvalue weighted by atomic mass is 35.5. The fourth-order valence-electron chi connectivity index (χ4n) is 2.12. The molecule has 0 aromatic heterocycles. The molecule has 0 bridgehead atoms. The Hall–Kier alpha value is -1.68. The average Bonchev–Trinajstić information content (AvgIpc) is 3.11. The molecule has 1 fully saturated rings. The molecule has 0 aromatic carbocycles. The zero-order valence-corrected chi connectivity index (χ0v) is 10.1. The molecule has 1 aliphatic heterocycles. The number of aliphatic imine (C=N–C) groups is 1. The van der Waals surface area contributed by atoms with Gasteiger partial charge in [0.05, 0.1) is 11.6 Å². The first-order valence-electron chi connectivity index (χ1n) is 5.73. The van der Waals surface area contributed by atoms with Crippen LogP contribution in [0.25, 0.3) is 0 Å². The van der Waals surface area contributed by atoms with E-state index in [1.807, 2.05) is 0 Å². The monoisotopic (exact) mass is 263 g/mol. The molecule has 1 amide bonds. The normalized spacial score (nSPS) is 29.7. The molecule has 1 saturated carbocycles. The highest BCUT2D eigenvalue weighted by molar-refractivity contribution is 6.38. The van der Waals surface area contributed by atoms with Crippen molar-refractivity contribution >= 4 is 29.0 Å². The van der Waals surface area contributed by atoms with Crippen LogP contribution < -0.4 is 0 Å². The second-order valence-corrected chi connectivity index (χ2v) is 5.04. The van der Waals surface area contributed by atoms with Crippen LogP contribution in [0.15, 0.2) is 39.6 Å². The molecule has 92 valence electrons. The maximum atomic E-state index is 12.2. The smallest absolute Gasteiger partial charge is 0.284 e. The second-order valence-electron chi connectivity index (χ2n) is 4.61. The summed E-state index contributed by atoms with van der Waals surface area (Å²) in [5.41, 5.74) is 0.201. The van der Waals surface area contributed by atoms with Crippen molar-refractivity contribution in [3.05, 3.63) is 34.6 Å². The average molecular weight is 264 g/mol. The van der Waals surface area contributed by atoms with Crippen LogP contribution in [0.5, 0.6) is 0 Å². The van der Waals surface area contributed by atoms with E-state index in [0.29, 0.717) is 10.7 Å². The van der Waals surface area contributed by atoms with Gasteiger partial charge in [0, 0.05) is 11.0 Å². The second kappa shape index (κ2) is 3.92. The Balaban J connectivity index is 2.08. The van der Waals surface area contributed by atoms with Crippen molar-refractivity contribution in [1.82, 2.24) is 0 Å². The molecule has 3 aliphatic rings. The van der Waals surface area contributed by atoms with E-state index in [0.717, 1.165) is 12.8 Å². The summed E-state index contributed by atoms with van der Waals surface area (Å²) in [6.45, 7) is 0. The molecule has 1 N–H and O–H groups in total. The summed E-state index contributed by atoms with van der Waals surface area (Å²) in [5.74, 6) is -1.78. The molecule has 18 heavy (non-hydrogen) atoms. The number of carbonyl (C=O) groups is 2. The lowest BCUT2D eigenvalue weighted by Gasteiger charge is -2.21. The number of Topliss-reactive ketones (excluding diaryl/α,β-unsaturated/α-hetero) is 1. The van der Waals surface area contributed by atoms with Gasteiger partial charge in [0.1, 0.15) is 11.3 Å². The van der Waals surface area contributed by atoms with Crippen LogP contribution in [0, 0.1) is 11.8 Å². The van der Waals surface area contributed by atoms with Crippen molar-refractivity contribution in [2.45, 2.75) is 12.8 Å². The van der Waals surface area contributed by atoms with Crippen LogP contribution in [0.3, 0.4) is 0 Å². The van der Waals surface area contributed by atoms with Gasteiger partial charge in [-0.2, -0.15) is 0 Å². The number of hydrogen-bond acceptors (Lipinski definition) is 3. The van der Waals surface area contributed by atoms with Crippen molar-refractivity contribution in [3.8, 4) is 0 Å². The maximum Gasteiger partial charge on any atom is 0.284 e. The third-order valence-electron chi connectivity index (χ3n) is 3.25. The van der Waals surface area contributed by atoms with Crippen molar-refractivity contribution in [2.75, 3.05) is 0 Å².